The van der Waals surface area contributed by atoms with E-state index in [4.69, 9.17) is 0 Å². The maximum atomic E-state index is 12.4. The van der Waals surface area contributed by atoms with Gasteiger partial charge >= 0.3 is 0 Å². The number of halogens is 1. The standard InChI is InChI=1S/C16H18BrN5O/c1-21-6-8-22(9-7-21)15(23)12-10-18-16(19-11-12)20-14-4-2-13(17)3-5-14/h2-5,10-11H,6-9H2,1H3,(H,18,19,20). The van der Waals surface area contributed by atoms with Gasteiger partial charge in [-0.1, -0.05) is 15.9 Å². The molecule has 0 atom stereocenters. The highest BCUT2D eigenvalue weighted by atomic mass is 79.9. The summed E-state index contributed by atoms with van der Waals surface area (Å²) in [6.45, 7) is 3.29. The first-order valence-corrected chi connectivity index (χ1v) is 8.23. The zero-order chi connectivity index (χ0) is 16.2. The predicted octanol–water partition coefficient (Wildman–Crippen LogP) is 2.37. The summed E-state index contributed by atoms with van der Waals surface area (Å²) in [7, 11) is 2.06. The molecule has 0 spiro atoms. The number of amides is 1. The number of piperazine rings is 1. The van der Waals surface area contributed by atoms with Gasteiger partial charge in [0.15, 0.2) is 0 Å². The smallest absolute Gasteiger partial charge is 0.257 e. The Morgan fingerprint density at radius 3 is 2.30 bits per heavy atom. The highest BCUT2D eigenvalue weighted by molar-refractivity contribution is 9.10. The van der Waals surface area contributed by atoms with Crippen LogP contribution in [0.4, 0.5) is 11.6 Å². The monoisotopic (exact) mass is 375 g/mol. The highest BCUT2D eigenvalue weighted by Gasteiger charge is 2.20. The SMILES string of the molecule is CN1CCN(C(=O)c2cnc(Nc3ccc(Br)cc3)nc2)CC1. The average molecular weight is 376 g/mol. The molecule has 1 aromatic heterocycles. The molecule has 1 fully saturated rings. The second kappa shape index (κ2) is 7.06. The molecule has 0 saturated carbocycles. The summed E-state index contributed by atoms with van der Waals surface area (Å²) in [6, 6.07) is 7.73. The first-order chi connectivity index (χ1) is 11.1. The molecule has 1 aromatic carbocycles. The van der Waals surface area contributed by atoms with E-state index in [2.05, 4.69) is 43.2 Å². The Hall–Kier alpha value is -1.99. The number of benzene rings is 1. The number of rotatable bonds is 3. The van der Waals surface area contributed by atoms with Gasteiger partial charge in [-0.05, 0) is 31.3 Å². The normalized spacial score (nSPS) is 15.5. The molecule has 1 saturated heterocycles. The lowest BCUT2D eigenvalue weighted by atomic mass is 10.2. The zero-order valence-corrected chi connectivity index (χ0v) is 14.5. The lowest BCUT2D eigenvalue weighted by molar-refractivity contribution is 0.0663. The van der Waals surface area contributed by atoms with Gasteiger partial charge in [-0.25, -0.2) is 9.97 Å². The molecule has 0 aliphatic carbocycles. The number of hydrogen-bond acceptors (Lipinski definition) is 5. The van der Waals surface area contributed by atoms with E-state index in [1.54, 1.807) is 12.4 Å². The van der Waals surface area contributed by atoms with Crippen LogP contribution in [0, 0.1) is 0 Å². The molecular formula is C16H18BrN5O. The molecule has 1 aliphatic rings. The third kappa shape index (κ3) is 4.05. The molecule has 2 heterocycles. The molecule has 0 radical (unpaired) electrons. The molecule has 7 heteroatoms. The third-order valence-corrected chi connectivity index (χ3v) is 4.32. The van der Waals surface area contributed by atoms with Gasteiger partial charge in [0.05, 0.1) is 5.56 Å². The number of hydrogen-bond donors (Lipinski definition) is 1. The van der Waals surface area contributed by atoms with Crippen LogP contribution in [0.5, 0.6) is 0 Å². The highest BCUT2D eigenvalue weighted by Crippen LogP contribution is 2.17. The number of nitrogens with one attached hydrogen (secondary N) is 1. The Morgan fingerprint density at radius 2 is 1.70 bits per heavy atom. The first-order valence-electron chi connectivity index (χ1n) is 7.44. The summed E-state index contributed by atoms with van der Waals surface area (Å²) in [5.74, 6) is 0.468. The van der Waals surface area contributed by atoms with Crippen molar-refractivity contribution < 1.29 is 4.79 Å². The lowest BCUT2D eigenvalue weighted by Gasteiger charge is -2.32. The minimum absolute atomic E-state index is 0.00621. The molecule has 23 heavy (non-hydrogen) atoms. The molecule has 2 aromatic rings. The van der Waals surface area contributed by atoms with Gasteiger partial charge in [0, 0.05) is 48.7 Å². The van der Waals surface area contributed by atoms with E-state index < -0.39 is 0 Å². The van der Waals surface area contributed by atoms with Crippen LogP contribution in [0.1, 0.15) is 10.4 Å². The molecule has 1 N–H and O–H groups in total. The Kier molecular flexibility index (Phi) is 4.88. The minimum Gasteiger partial charge on any atom is -0.336 e. The number of aromatic nitrogens is 2. The van der Waals surface area contributed by atoms with Crippen molar-refractivity contribution in [3.63, 3.8) is 0 Å². The van der Waals surface area contributed by atoms with Crippen molar-refractivity contribution in [3.05, 3.63) is 46.7 Å². The molecule has 3 rings (SSSR count). The first kappa shape index (κ1) is 15.9. The predicted molar refractivity (Wildman–Crippen MR) is 92.9 cm³/mol. The van der Waals surface area contributed by atoms with Crippen LogP contribution in [0.2, 0.25) is 0 Å². The topological polar surface area (TPSA) is 61.4 Å². The van der Waals surface area contributed by atoms with Crippen LogP contribution in [0.3, 0.4) is 0 Å². The summed E-state index contributed by atoms with van der Waals surface area (Å²) in [4.78, 5) is 24.9. The molecule has 6 nitrogen and oxygen atoms in total. The van der Waals surface area contributed by atoms with Gasteiger partial charge < -0.3 is 15.1 Å². The Bertz CT molecular complexity index is 666. The fraction of sp³-hybridized carbons (Fsp3) is 0.312. The van der Waals surface area contributed by atoms with Crippen molar-refractivity contribution in [2.45, 2.75) is 0 Å². The summed E-state index contributed by atoms with van der Waals surface area (Å²) < 4.78 is 1.01. The third-order valence-electron chi connectivity index (χ3n) is 3.79. The number of carbonyl (C=O) groups excluding carboxylic acids is 1. The maximum Gasteiger partial charge on any atom is 0.257 e. The molecule has 0 bridgehead atoms. The average Bonchev–Trinajstić information content (AvgIpc) is 2.58. The van der Waals surface area contributed by atoms with Crippen LogP contribution < -0.4 is 5.32 Å². The van der Waals surface area contributed by atoms with Gasteiger partial charge in [-0.2, -0.15) is 0 Å². The fourth-order valence-corrected chi connectivity index (χ4v) is 2.62. The van der Waals surface area contributed by atoms with Crippen molar-refractivity contribution in [2.75, 3.05) is 38.5 Å². The number of anilines is 2. The van der Waals surface area contributed by atoms with Gasteiger partial charge in [0.2, 0.25) is 5.95 Å². The van der Waals surface area contributed by atoms with E-state index in [-0.39, 0.29) is 5.91 Å². The van der Waals surface area contributed by atoms with E-state index in [0.29, 0.717) is 11.5 Å². The maximum absolute atomic E-state index is 12.4. The second-order valence-electron chi connectivity index (χ2n) is 5.52. The fourth-order valence-electron chi connectivity index (χ4n) is 2.36. The lowest BCUT2D eigenvalue weighted by Crippen LogP contribution is -2.47. The Morgan fingerprint density at radius 1 is 1.09 bits per heavy atom. The van der Waals surface area contributed by atoms with E-state index in [9.17, 15) is 4.79 Å². The number of nitrogens with zero attached hydrogens (tertiary/aromatic N) is 4. The van der Waals surface area contributed by atoms with Crippen molar-refractivity contribution in [1.29, 1.82) is 0 Å². The van der Waals surface area contributed by atoms with Crippen LogP contribution in [0.15, 0.2) is 41.1 Å². The van der Waals surface area contributed by atoms with Gasteiger partial charge in [-0.3, -0.25) is 4.79 Å². The van der Waals surface area contributed by atoms with Crippen molar-refractivity contribution >= 4 is 33.5 Å². The van der Waals surface area contributed by atoms with E-state index in [1.165, 1.54) is 0 Å². The van der Waals surface area contributed by atoms with Crippen LogP contribution in [0.25, 0.3) is 0 Å². The molecular weight excluding hydrogens is 358 g/mol. The summed E-state index contributed by atoms with van der Waals surface area (Å²) in [5.41, 5.74) is 1.42. The Labute approximate surface area is 143 Å². The second-order valence-corrected chi connectivity index (χ2v) is 6.44. The Balaban J connectivity index is 1.64. The van der Waals surface area contributed by atoms with E-state index in [0.717, 1.165) is 36.3 Å². The summed E-state index contributed by atoms with van der Waals surface area (Å²) >= 11 is 3.39. The van der Waals surface area contributed by atoms with Crippen LogP contribution in [-0.4, -0.2) is 58.9 Å². The van der Waals surface area contributed by atoms with Gasteiger partial charge in [-0.15, -0.1) is 0 Å². The molecule has 1 aliphatic heterocycles. The van der Waals surface area contributed by atoms with Gasteiger partial charge in [0.25, 0.3) is 5.91 Å². The molecule has 0 unspecified atom stereocenters. The van der Waals surface area contributed by atoms with Crippen LogP contribution in [-0.2, 0) is 0 Å². The summed E-state index contributed by atoms with van der Waals surface area (Å²) in [6.07, 6.45) is 3.16. The zero-order valence-electron chi connectivity index (χ0n) is 12.9. The van der Waals surface area contributed by atoms with E-state index >= 15 is 0 Å². The largest absolute Gasteiger partial charge is 0.336 e. The number of likely N-dealkylation sites (N-methyl/N-ethyl adjacent to an activating group) is 1. The van der Waals surface area contributed by atoms with Crippen molar-refractivity contribution in [2.24, 2.45) is 0 Å². The molecule has 1 amide bonds. The summed E-state index contributed by atoms with van der Waals surface area (Å²) in [5, 5.41) is 3.11. The number of carbonyl (C=O) groups is 1. The molecule has 120 valence electrons. The van der Waals surface area contributed by atoms with E-state index in [1.807, 2.05) is 29.2 Å². The van der Waals surface area contributed by atoms with Crippen molar-refractivity contribution in [3.8, 4) is 0 Å². The van der Waals surface area contributed by atoms with Crippen LogP contribution >= 0.6 is 15.9 Å². The van der Waals surface area contributed by atoms with Gasteiger partial charge in [0.1, 0.15) is 0 Å². The van der Waals surface area contributed by atoms with Crippen molar-refractivity contribution in [1.82, 2.24) is 19.8 Å². The quantitative estimate of drug-likeness (QED) is 0.891. The minimum atomic E-state index is -0.00621.